The van der Waals surface area contributed by atoms with Crippen LogP contribution in [-0.4, -0.2) is 4.98 Å². The van der Waals surface area contributed by atoms with E-state index in [0.29, 0.717) is 5.15 Å². The molecule has 0 amide bonds. The lowest BCUT2D eigenvalue weighted by Gasteiger charge is -2.07. The number of aromatic nitrogens is 1. The molecule has 0 aliphatic rings. The van der Waals surface area contributed by atoms with E-state index in [1.165, 1.54) is 37.0 Å². The van der Waals surface area contributed by atoms with Crippen molar-refractivity contribution in [3.05, 3.63) is 77.9 Å². The van der Waals surface area contributed by atoms with Crippen LogP contribution in [0.2, 0.25) is 5.15 Å². The summed E-state index contributed by atoms with van der Waals surface area (Å²) in [6.45, 7) is 0. The predicted molar refractivity (Wildman–Crippen MR) is 115 cm³/mol. The van der Waals surface area contributed by atoms with Gasteiger partial charge in [0, 0.05) is 26.2 Å². The first-order valence-corrected chi connectivity index (χ1v) is 9.71. The summed E-state index contributed by atoms with van der Waals surface area (Å²) >= 11 is 8.39. The SMILES string of the molecule is Clc1nc2c3ccccc3ccc2c2c1sc1ccc3ccccc3c12. The molecule has 0 bridgehead atoms. The summed E-state index contributed by atoms with van der Waals surface area (Å²) in [5, 5.41) is 9.13. The third-order valence-corrected chi connectivity index (χ3v) is 6.69. The van der Waals surface area contributed by atoms with Crippen molar-refractivity contribution in [1.82, 2.24) is 4.98 Å². The topological polar surface area (TPSA) is 12.9 Å². The zero-order valence-electron chi connectivity index (χ0n) is 13.7. The average Bonchev–Trinajstić information content (AvgIpc) is 3.09. The molecule has 3 heteroatoms. The highest BCUT2D eigenvalue weighted by molar-refractivity contribution is 7.26. The molecular weight excluding hydrogens is 358 g/mol. The number of hydrogen-bond acceptors (Lipinski definition) is 2. The van der Waals surface area contributed by atoms with Crippen LogP contribution in [0, 0.1) is 0 Å². The smallest absolute Gasteiger partial charge is 0.147 e. The summed E-state index contributed by atoms with van der Waals surface area (Å²) in [7, 11) is 0. The molecule has 4 aromatic carbocycles. The van der Waals surface area contributed by atoms with Gasteiger partial charge in [-0.15, -0.1) is 11.3 Å². The van der Waals surface area contributed by atoms with E-state index in [4.69, 9.17) is 16.6 Å². The quantitative estimate of drug-likeness (QED) is 0.199. The number of nitrogens with zero attached hydrogens (tertiary/aromatic N) is 1. The van der Waals surface area contributed by atoms with Gasteiger partial charge in [-0.2, -0.15) is 0 Å². The van der Waals surface area contributed by atoms with Gasteiger partial charge in [-0.1, -0.05) is 78.3 Å². The molecule has 0 fully saturated rings. The lowest BCUT2D eigenvalue weighted by molar-refractivity contribution is 1.47. The standard InChI is InChI=1S/C23H12ClNS/c24-23-22-20(17-11-9-14-6-2-4-8-16(14)21(17)25-23)19-15-7-3-1-5-13(15)10-12-18(19)26-22/h1-12H. The molecule has 122 valence electrons. The van der Waals surface area contributed by atoms with Gasteiger partial charge in [0.25, 0.3) is 0 Å². The maximum Gasteiger partial charge on any atom is 0.147 e. The van der Waals surface area contributed by atoms with Gasteiger partial charge < -0.3 is 0 Å². The molecule has 2 aromatic heterocycles. The lowest BCUT2D eigenvalue weighted by atomic mass is 9.99. The Labute approximate surface area is 158 Å². The fourth-order valence-electron chi connectivity index (χ4n) is 4.00. The Hall–Kier alpha value is -2.68. The highest BCUT2D eigenvalue weighted by Gasteiger charge is 2.16. The molecule has 2 heterocycles. The van der Waals surface area contributed by atoms with Gasteiger partial charge in [-0.05, 0) is 22.2 Å². The molecule has 26 heavy (non-hydrogen) atoms. The van der Waals surface area contributed by atoms with Crippen LogP contribution in [0.4, 0.5) is 0 Å². The van der Waals surface area contributed by atoms with Crippen molar-refractivity contribution >= 4 is 75.6 Å². The number of hydrogen-bond donors (Lipinski definition) is 0. The van der Waals surface area contributed by atoms with Crippen LogP contribution in [-0.2, 0) is 0 Å². The first-order chi connectivity index (χ1) is 12.8. The minimum atomic E-state index is 0.592. The minimum absolute atomic E-state index is 0.592. The van der Waals surface area contributed by atoms with Crippen molar-refractivity contribution in [2.24, 2.45) is 0 Å². The van der Waals surface area contributed by atoms with Crippen molar-refractivity contribution in [1.29, 1.82) is 0 Å². The molecule has 0 saturated heterocycles. The second kappa shape index (κ2) is 5.16. The van der Waals surface area contributed by atoms with E-state index in [2.05, 4.69) is 72.8 Å². The molecule has 0 aliphatic heterocycles. The molecule has 0 aliphatic carbocycles. The van der Waals surface area contributed by atoms with Crippen molar-refractivity contribution < 1.29 is 0 Å². The number of thiophene rings is 1. The zero-order chi connectivity index (χ0) is 17.3. The Morgan fingerprint density at radius 2 is 1.35 bits per heavy atom. The lowest BCUT2D eigenvalue weighted by Crippen LogP contribution is -1.85. The summed E-state index contributed by atoms with van der Waals surface area (Å²) < 4.78 is 2.32. The van der Waals surface area contributed by atoms with Gasteiger partial charge in [0.2, 0.25) is 0 Å². The number of pyridine rings is 1. The van der Waals surface area contributed by atoms with E-state index in [0.717, 1.165) is 15.6 Å². The first-order valence-electron chi connectivity index (χ1n) is 8.52. The van der Waals surface area contributed by atoms with Gasteiger partial charge in [0.15, 0.2) is 0 Å². The van der Waals surface area contributed by atoms with Crippen molar-refractivity contribution in [2.45, 2.75) is 0 Å². The summed E-state index contributed by atoms with van der Waals surface area (Å²) in [6, 6.07) is 25.7. The maximum atomic E-state index is 6.66. The number of benzene rings is 4. The number of fused-ring (bicyclic) bond motifs is 9. The third kappa shape index (κ3) is 1.83. The average molecular weight is 370 g/mol. The first kappa shape index (κ1) is 14.5. The molecule has 0 unspecified atom stereocenters. The van der Waals surface area contributed by atoms with Gasteiger partial charge in [-0.25, -0.2) is 4.98 Å². The fraction of sp³-hybridized carbons (Fsp3) is 0. The Morgan fingerprint density at radius 3 is 2.19 bits per heavy atom. The molecule has 0 saturated carbocycles. The zero-order valence-corrected chi connectivity index (χ0v) is 15.2. The van der Waals surface area contributed by atoms with Gasteiger partial charge in [0.1, 0.15) is 5.15 Å². The van der Waals surface area contributed by atoms with Crippen LogP contribution in [0.3, 0.4) is 0 Å². The van der Waals surface area contributed by atoms with Gasteiger partial charge >= 0.3 is 0 Å². The Kier molecular flexibility index (Phi) is 2.88. The third-order valence-electron chi connectivity index (χ3n) is 5.15. The summed E-state index contributed by atoms with van der Waals surface area (Å²) in [5.74, 6) is 0. The van der Waals surface area contributed by atoms with Crippen LogP contribution in [0.25, 0.3) is 52.6 Å². The molecule has 0 N–H and O–H groups in total. The minimum Gasteiger partial charge on any atom is -0.234 e. The van der Waals surface area contributed by atoms with E-state index >= 15 is 0 Å². The summed E-state index contributed by atoms with van der Waals surface area (Å²) in [4.78, 5) is 4.78. The second-order valence-corrected chi connectivity index (χ2v) is 7.96. The predicted octanol–water partition coefficient (Wildman–Crippen LogP) is 7.56. The fourth-order valence-corrected chi connectivity index (χ4v) is 5.41. The molecule has 0 spiro atoms. The Balaban J connectivity index is 1.97. The summed E-state index contributed by atoms with van der Waals surface area (Å²) in [5.41, 5.74) is 0.980. The van der Waals surface area contributed by atoms with Gasteiger partial charge in [-0.3, -0.25) is 0 Å². The number of rotatable bonds is 0. The maximum absolute atomic E-state index is 6.66. The molecule has 0 radical (unpaired) electrons. The van der Waals surface area contributed by atoms with Crippen LogP contribution >= 0.6 is 22.9 Å². The monoisotopic (exact) mass is 369 g/mol. The largest absolute Gasteiger partial charge is 0.234 e. The van der Waals surface area contributed by atoms with Crippen molar-refractivity contribution in [2.75, 3.05) is 0 Å². The Morgan fingerprint density at radius 1 is 0.654 bits per heavy atom. The Bertz CT molecular complexity index is 1500. The normalized spacial score (nSPS) is 12.0. The summed E-state index contributed by atoms with van der Waals surface area (Å²) in [6.07, 6.45) is 0. The molecule has 0 atom stereocenters. The van der Waals surface area contributed by atoms with E-state index in [1.807, 2.05) is 0 Å². The molecule has 6 aromatic rings. The van der Waals surface area contributed by atoms with E-state index in [1.54, 1.807) is 11.3 Å². The molecule has 6 rings (SSSR count). The molecule has 1 nitrogen and oxygen atoms in total. The molecular formula is C23H12ClNS. The van der Waals surface area contributed by atoms with Crippen molar-refractivity contribution in [3.8, 4) is 0 Å². The highest BCUT2D eigenvalue weighted by Crippen LogP contribution is 2.44. The van der Waals surface area contributed by atoms with Crippen molar-refractivity contribution in [3.63, 3.8) is 0 Å². The van der Waals surface area contributed by atoms with E-state index in [-0.39, 0.29) is 0 Å². The number of halogens is 1. The highest BCUT2D eigenvalue weighted by atomic mass is 35.5. The van der Waals surface area contributed by atoms with Gasteiger partial charge in [0.05, 0.1) is 10.2 Å². The second-order valence-electron chi connectivity index (χ2n) is 6.55. The van der Waals surface area contributed by atoms with Crippen LogP contribution in [0.1, 0.15) is 0 Å². The van der Waals surface area contributed by atoms with Crippen LogP contribution < -0.4 is 0 Å². The van der Waals surface area contributed by atoms with E-state index < -0.39 is 0 Å². The van der Waals surface area contributed by atoms with Crippen LogP contribution in [0.15, 0.2) is 72.8 Å². The van der Waals surface area contributed by atoms with Crippen LogP contribution in [0.5, 0.6) is 0 Å². The van der Waals surface area contributed by atoms with E-state index in [9.17, 15) is 0 Å².